The number of hydrogen-bond acceptors (Lipinski definition) is 2. The highest BCUT2D eigenvalue weighted by molar-refractivity contribution is 6.33. The van der Waals surface area contributed by atoms with Crippen LogP contribution in [-0.2, 0) is 0 Å². The summed E-state index contributed by atoms with van der Waals surface area (Å²) in [6, 6.07) is 5.90. The van der Waals surface area contributed by atoms with Crippen molar-refractivity contribution in [1.82, 2.24) is 5.32 Å². The molecule has 0 heterocycles. The van der Waals surface area contributed by atoms with Gasteiger partial charge in [0.05, 0.1) is 10.7 Å². The third-order valence-corrected chi connectivity index (χ3v) is 1.72. The lowest BCUT2D eigenvalue weighted by atomic mass is 10.2. The Morgan fingerprint density at radius 3 is 2.08 bits per heavy atom. The van der Waals surface area contributed by atoms with Crippen molar-refractivity contribution in [1.29, 1.82) is 0 Å². The van der Waals surface area contributed by atoms with Crippen LogP contribution in [0.4, 0.5) is 5.69 Å². The largest absolute Gasteiger partial charge is 0.387 e. The normalized spacial score (nSPS) is 8.69. The molecule has 0 spiro atoms. The molecule has 0 atom stereocenters. The predicted octanol–water partition coefficient (Wildman–Crippen LogP) is 2.53. The highest BCUT2D eigenvalue weighted by atomic mass is 35.5. The van der Waals surface area contributed by atoms with Gasteiger partial charge in [0.15, 0.2) is 0 Å². The topological polar surface area (TPSA) is 24.1 Å². The standard InChI is InChI=1S/C8H10ClN.C2H7N/c1-6-3-4-7(9)8(5-6)10-2;1-3-2/h3-5,10H,1-2H3;3H,1-2H3. The summed E-state index contributed by atoms with van der Waals surface area (Å²) in [6.45, 7) is 2.04. The third kappa shape index (κ3) is 4.76. The Bertz CT molecular complexity index is 249. The fraction of sp³-hybridized carbons (Fsp3) is 0.400. The third-order valence-electron chi connectivity index (χ3n) is 1.39. The van der Waals surface area contributed by atoms with Crippen LogP contribution in [0.2, 0.25) is 5.02 Å². The van der Waals surface area contributed by atoms with E-state index < -0.39 is 0 Å². The number of benzene rings is 1. The molecule has 0 unspecified atom stereocenters. The maximum atomic E-state index is 5.83. The van der Waals surface area contributed by atoms with E-state index in [1.807, 2.05) is 46.3 Å². The fourth-order valence-electron chi connectivity index (χ4n) is 0.831. The van der Waals surface area contributed by atoms with Crippen LogP contribution >= 0.6 is 11.6 Å². The Balaban J connectivity index is 0.000000424. The van der Waals surface area contributed by atoms with Crippen LogP contribution in [0.1, 0.15) is 5.56 Å². The molecule has 0 aliphatic carbocycles. The second-order valence-electron chi connectivity index (χ2n) is 2.73. The smallest absolute Gasteiger partial charge is 0.0637 e. The van der Waals surface area contributed by atoms with Crippen molar-refractivity contribution < 1.29 is 0 Å². The SMILES string of the molecule is CNC.CNc1cc(C)ccc1Cl. The molecule has 0 aliphatic rings. The van der Waals surface area contributed by atoms with Gasteiger partial charge in [0.25, 0.3) is 0 Å². The second-order valence-corrected chi connectivity index (χ2v) is 3.14. The van der Waals surface area contributed by atoms with Crippen LogP contribution in [0.15, 0.2) is 18.2 Å². The van der Waals surface area contributed by atoms with E-state index in [0.717, 1.165) is 10.7 Å². The summed E-state index contributed by atoms with van der Waals surface area (Å²) >= 11 is 5.83. The zero-order chi connectivity index (χ0) is 10.3. The lowest BCUT2D eigenvalue weighted by Crippen LogP contribution is -1.89. The summed E-state index contributed by atoms with van der Waals surface area (Å²) < 4.78 is 0. The monoisotopic (exact) mass is 200 g/mol. The van der Waals surface area contributed by atoms with Crippen LogP contribution in [0, 0.1) is 6.92 Å². The van der Waals surface area contributed by atoms with Crippen molar-refractivity contribution in [3.05, 3.63) is 28.8 Å². The molecule has 13 heavy (non-hydrogen) atoms. The first-order chi connectivity index (χ1) is 6.15. The average Bonchev–Trinajstić information content (AvgIpc) is 2.10. The zero-order valence-corrected chi connectivity index (χ0v) is 9.37. The minimum absolute atomic E-state index is 0.771. The lowest BCUT2D eigenvalue weighted by molar-refractivity contribution is 1.02. The number of aryl methyl sites for hydroxylation is 1. The van der Waals surface area contributed by atoms with Gasteiger partial charge in [-0.2, -0.15) is 0 Å². The zero-order valence-electron chi connectivity index (χ0n) is 8.61. The summed E-state index contributed by atoms with van der Waals surface area (Å²) in [6.07, 6.45) is 0. The van der Waals surface area contributed by atoms with Gasteiger partial charge in [-0.15, -0.1) is 0 Å². The molecule has 1 rings (SSSR count). The molecular formula is C10H17ClN2. The van der Waals surface area contributed by atoms with Gasteiger partial charge in [0.1, 0.15) is 0 Å². The van der Waals surface area contributed by atoms with Crippen molar-refractivity contribution in [2.75, 3.05) is 26.5 Å². The first-order valence-electron chi connectivity index (χ1n) is 4.18. The summed E-state index contributed by atoms with van der Waals surface area (Å²) in [4.78, 5) is 0. The van der Waals surface area contributed by atoms with Gasteiger partial charge in [-0.1, -0.05) is 17.7 Å². The lowest BCUT2D eigenvalue weighted by Gasteiger charge is -2.02. The number of anilines is 1. The van der Waals surface area contributed by atoms with Gasteiger partial charge >= 0.3 is 0 Å². The Morgan fingerprint density at radius 1 is 1.15 bits per heavy atom. The van der Waals surface area contributed by atoms with Crippen molar-refractivity contribution in [2.24, 2.45) is 0 Å². The number of nitrogens with one attached hydrogen (secondary N) is 2. The van der Waals surface area contributed by atoms with E-state index in [2.05, 4.69) is 10.6 Å². The van der Waals surface area contributed by atoms with Crippen molar-refractivity contribution in [3.8, 4) is 0 Å². The highest BCUT2D eigenvalue weighted by Gasteiger charge is 1.95. The Morgan fingerprint density at radius 2 is 1.69 bits per heavy atom. The van der Waals surface area contributed by atoms with E-state index in [9.17, 15) is 0 Å². The van der Waals surface area contributed by atoms with Gasteiger partial charge in [0, 0.05) is 7.05 Å². The van der Waals surface area contributed by atoms with Gasteiger partial charge in [-0.25, -0.2) is 0 Å². The molecule has 0 fully saturated rings. The minimum Gasteiger partial charge on any atom is -0.387 e. The van der Waals surface area contributed by atoms with Gasteiger partial charge < -0.3 is 10.6 Å². The number of rotatable bonds is 1. The summed E-state index contributed by atoms with van der Waals surface area (Å²) in [7, 11) is 5.61. The van der Waals surface area contributed by atoms with E-state index in [4.69, 9.17) is 11.6 Å². The molecule has 0 aliphatic heterocycles. The Labute approximate surface area is 85.3 Å². The molecule has 0 amide bonds. The predicted molar refractivity (Wildman–Crippen MR) is 60.7 cm³/mol. The molecule has 2 nitrogen and oxygen atoms in total. The maximum Gasteiger partial charge on any atom is 0.0637 e. The molecule has 0 saturated carbocycles. The number of hydrogen-bond donors (Lipinski definition) is 2. The fourth-order valence-corrected chi connectivity index (χ4v) is 1.04. The molecule has 2 N–H and O–H groups in total. The molecular weight excluding hydrogens is 184 g/mol. The summed E-state index contributed by atoms with van der Waals surface area (Å²) in [5.41, 5.74) is 2.20. The van der Waals surface area contributed by atoms with E-state index >= 15 is 0 Å². The molecule has 74 valence electrons. The summed E-state index contributed by atoms with van der Waals surface area (Å²) in [5, 5.41) is 6.53. The Hall–Kier alpha value is -0.730. The first-order valence-corrected chi connectivity index (χ1v) is 4.55. The van der Waals surface area contributed by atoms with E-state index in [-0.39, 0.29) is 0 Å². The van der Waals surface area contributed by atoms with Crippen molar-refractivity contribution >= 4 is 17.3 Å². The highest BCUT2D eigenvalue weighted by Crippen LogP contribution is 2.21. The summed E-state index contributed by atoms with van der Waals surface area (Å²) in [5.74, 6) is 0. The van der Waals surface area contributed by atoms with E-state index in [1.165, 1.54) is 5.56 Å². The minimum atomic E-state index is 0.771. The quantitative estimate of drug-likeness (QED) is 0.728. The van der Waals surface area contributed by atoms with Crippen molar-refractivity contribution in [2.45, 2.75) is 6.92 Å². The number of halogens is 1. The van der Waals surface area contributed by atoms with Gasteiger partial charge in [-0.05, 0) is 38.7 Å². The molecule has 0 saturated heterocycles. The maximum absolute atomic E-state index is 5.83. The molecule has 0 radical (unpaired) electrons. The Kier molecular flexibility index (Phi) is 6.37. The van der Waals surface area contributed by atoms with Crippen molar-refractivity contribution in [3.63, 3.8) is 0 Å². The molecule has 0 aromatic heterocycles. The van der Waals surface area contributed by atoms with Crippen LogP contribution in [0.5, 0.6) is 0 Å². The average molecular weight is 201 g/mol. The van der Waals surface area contributed by atoms with Crippen LogP contribution < -0.4 is 10.6 Å². The van der Waals surface area contributed by atoms with Crippen LogP contribution in [0.25, 0.3) is 0 Å². The molecule has 3 heteroatoms. The first kappa shape index (κ1) is 12.3. The molecule has 0 bridgehead atoms. The molecule has 1 aromatic carbocycles. The van der Waals surface area contributed by atoms with Crippen LogP contribution in [0.3, 0.4) is 0 Å². The van der Waals surface area contributed by atoms with Gasteiger partial charge in [0.2, 0.25) is 0 Å². The van der Waals surface area contributed by atoms with E-state index in [1.54, 1.807) is 0 Å². The van der Waals surface area contributed by atoms with E-state index in [0.29, 0.717) is 0 Å². The second kappa shape index (κ2) is 6.75. The molecule has 1 aromatic rings. The van der Waals surface area contributed by atoms with Crippen LogP contribution in [-0.4, -0.2) is 21.1 Å². The van der Waals surface area contributed by atoms with Gasteiger partial charge in [-0.3, -0.25) is 0 Å².